The highest BCUT2D eigenvalue weighted by molar-refractivity contribution is 6.28. The van der Waals surface area contributed by atoms with E-state index in [0.717, 1.165) is 4.90 Å². The number of halogens is 3. The molecule has 16 heavy (non-hydrogen) atoms. The molecule has 0 radical (unpaired) electrons. The lowest BCUT2D eigenvalue weighted by Gasteiger charge is -2.22. The number of carbonyl (C=O) groups is 2. The third-order valence-corrected chi connectivity index (χ3v) is 2.83. The summed E-state index contributed by atoms with van der Waals surface area (Å²) in [6, 6.07) is -0.885. The van der Waals surface area contributed by atoms with Crippen LogP contribution in [-0.4, -0.2) is 54.7 Å². The average Bonchev–Trinajstić information content (AvgIpc) is 2.70. The van der Waals surface area contributed by atoms with Crippen molar-refractivity contribution < 1.29 is 23.1 Å². The minimum Gasteiger partial charge on any atom is -0.380 e. The number of Topliss-reactive ketones (excluding diaryl/α,β-unsaturated/α-hetero) is 1. The average molecular weight is 256 g/mol. The first-order valence-electron chi connectivity index (χ1n) is 4.71. The highest BCUT2D eigenvalue weighted by Crippen LogP contribution is 2.22. The molecule has 7 heteroatoms. The zero-order valence-corrected chi connectivity index (χ0v) is 9.42. The lowest BCUT2D eigenvalue weighted by Crippen LogP contribution is -2.44. The second-order valence-electron chi connectivity index (χ2n) is 3.50. The highest BCUT2D eigenvalue weighted by atomic mass is 35.5. The Balaban J connectivity index is 2.79. The van der Waals surface area contributed by atoms with Gasteiger partial charge in [0.15, 0.2) is 5.78 Å². The van der Waals surface area contributed by atoms with E-state index >= 15 is 0 Å². The lowest BCUT2D eigenvalue weighted by molar-refractivity contribution is -0.146. The predicted octanol–water partition coefficient (Wildman–Crippen LogP) is 0.675. The van der Waals surface area contributed by atoms with Crippen LogP contribution in [0.3, 0.4) is 0 Å². The summed E-state index contributed by atoms with van der Waals surface area (Å²) in [5.74, 6) is -2.08. The molecule has 1 heterocycles. The SMILES string of the molecule is COC1CC(C(=O)CCl)N(C(=O)C(F)F)C1. The number of carbonyl (C=O) groups excluding carboxylic acids is 2. The molecule has 92 valence electrons. The molecule has 1 aliphatic heterocycles. The minimum atomic E-state index is -3.11. The van der Waals surface area contributed by atoms with Crippen LogP contribution in [0.15, 0.2) is 0 Å². The third-order valence-electron chi connectivity index (χ3n) is 2.57. The van der Waals surface area contributed by atoms with Crippen LogP contribution >= 0.6 is 11.6 Å². The van der Waals surface area contributed by atoms with Crippen molar-refractivity contribution >= 4 is 23.3 Å². The first-order chi connectivity index (χ1) is 7.51. The van der Waals surface area contributed by atoms with Gasteiger partial charge in [0.25, 0.3) is 5.91 Å². The molecule has 1 rings (SSSR count). The molecule has 0 aromatic heterocycles. The second kappa shape index (κ2) is 5.54. The Labute approximate surface area is 96.5 Å². The fourth-order valence-electron chi connectivity index (χ4n) is 1.73. The molecule has 0 spiro atoms. The summed E-state index contributed by atoms with van der Waals surface area (Å²) in [4.78, 5) is 23.4. The fourth-order valence-corrected chi connectivity index (χ4v) is 1.91. The van der Waals surface area contributed by atoms with Gasteiger partial charge in [-0.3, -0.25) is 9.59 Å². The zero-order valence-electron chi connectivity index (χ0n) is 8.66. The Kier molecular flexibility index (Phi) is 4.61. The number of ketones is 1. The molecule has 0 saturated carbocycles. The van der Waals surface area contributed by atoms with Gasteiger partial charge in [0.05, 0.1) is 18.0 Å². The standard InChI is InChI=1S/C9H12ClF2NO3/c1-16-5-2-6(7(14)3-10)13(4-5)9(15)8(11)12/h5-6,8H,2-4H2,1H3. The molecule has 2 atom stereocenters. The second-order valence-corrected chi connectivity index (χ2v) is 3.77. The van der Waals surface area contributed by atoms with Crippen LogP contribution in [-0.2, 0) is 14.3 Å². The molecule has 0 bridgehead atoms. The first-order valence-corrected chi connectivity index (χ1v) is 5.24. The van der Waals surface area contributed by atoms with Crippen LogP contribution < -0.4 is 0 Å². The van der Waals surface area contributed by atoms with Crippen LogP contribution in [0.4, 0.5) is 8.78 Å². The van der Waals surface area contributed by atoms with Gasteiger partial charge in [0.1, 0.15) is 0 Å². The predicted molar refractivity (Wildman–Crippen MR) is 52.6 cm³/mol. The smallest absolute Gasteiger partial charge is 0.315 e. The summed E-state index contributed by atoms with van der Waals surface area (Å²) in [5, 5.41) is 0. The summed E-state index contributed by atoms with van der Waals surface area (Å²) in [7, 11) is 1.41. The number of alkyl halides is 3. The highest BCUT2D eigenvalue weighted by Gasteiger charge is 2.41. The molecule has 0 aromatic rings. The van der Waals surface area contributed by atoms with E-state index in [-0.39, 0.29) is 24.9 Å². The molecule has 1 amide bonds. The molecule has 2 unspecified atom stereocenters. The number of likely N-dealkylation sites (tertiary alicyclic amines) is 1. The Morgan fingerprint density at radius 2 is 2.19 bits per heavy atom. The lowest BCUT2D eigenvalue weighted by atomic mass is 10.1. The number of amides is 1. The van der Waals surface area contributed by atoms with Crippen LogP contribution in [0.2, 0.25) is 0 Å². The van der Waals surface area contributed by atoms with Crippen LogP contribution in [0.5, 0.6) is 0 Å². The maximum atomic E-state index is 12.3. The normalized spacial score (nSPS) is 25.2. The van der Waals surface area contributed by atoms with Gasteiger partial charge in [-0.2, -0.15) is 8.78 Å². The number of ether oxygens (including phenoxy) is 1. The Morgan fingerprint density at radius 3 is 2.62 bits per heavy atom. The summed E-state index contributed by atoms with van der Waals surface area (Å²) in [5.41, 5.74) is 0. The Morgan fingerprint density at radius 1 is 1.56 bits per heavy atom. The van der Waals surface area contributed by atoms with Crippen LogP contribution in [0.25, 0.3) is 0 Å². The van der Waals surface area contributed by atoms with Crippen molar-refractivity contribution in [3.05, 3.63) is 0 Å². The number of rotatable bonds is 4. The van der Waals surface area contributed by atoms with Crippen molar-refractivity contribution in [2.45, 2.75) is 25.0 Å². The Hall–Kier alpha value is -0.750. The van der Waals surface area contributed by atoms with E-state index in [2.05, 4.69) is 0 Å². The summed E-state index contributed by atoms with van der Waals surface area (Å²) in [6.07, 6.45) is -3.28. The molecule has 0 aromatic carbocycles. The molecule has 1 aliphatic rings. The maximum absolute atomic E-state index is 12.3. The van der Waals surface area contributed by atoms with Gasteiger partial charge >= 0.3 is 6.43 Å². The van der Waals surface area contributed by atoms with Gasteiger partial charge in [-0.1, -0.05) is 0 Å². The van der Waals surface area contributed by atoms with E-state index in [4.69, 9.17) is 16.3 Å². The zero-order chi connectivity index (χ0) is 12.3. The van der Waals surface area contributed by atoms with Crippen molar-refractivity contribution in [3.8, 4) is 0 Å². The number of hydrogen-bond acceptors (Lipinski definition) is 3. The van der Waals surface area contributed by atoms with Gasteiger partial charge in [-0.25, -0.2) is 0 Å². The van der Waals surface area contributed by atoms with E-state index in [1.807, 2.05) is 0 Å². The molecular weight excluding hydrogens is 244 g/mol. The minimum absolute atomic E-state index is 0.00691. The van der Waals surface area contributed by atoms with E-state index in [1.54, 1.807) is 0 Å². The fraction of sp³-hybridized carbons (Fsp3) is 0.778. The summed E-state index contributed by atoms with van der Waals surface area (Å²) in [6.45, 7) is 0.00691. The largest absolute Gasteiger partial charge is 0.380 e. The maximum Gasteiger partial charge on any atom is 0.315 e. The van der Waals surface area contributed by atoms with Crippen molar-refractivity contribution in [2.24, 2.45) is 0 Å². The van der Waals surface area contributed by atoms with E-state index in [0.29, 0.717) is 0 Å². The number of methoxy groups -OCH3 is 1. The summed E-state index contributed by atoms with van der Waals surface area (Å²) < 4.78 is 29.5. The Bertz CT molecular complexity index is 288. The quantitative estimate of drug-likeness (QED) is 0.694. The molecule has 4 nitrogen and oxygen atoms in total. The topological polar surface area (TPSA) is 46.6 Å². The van der Waals surface area contributed by atoms with E-state index in [9.17, 15) is 18.4 Å². The number of nitrogens with zero attached hydrogens (tertiary/aromatic N) is 1. The van der Waals surface area contributed by atoms with Gasteiger partial charge in [-0.15, -0.1) is 11.6 Å². The number of hydrogen-bond donors (Lipinski definition) is 0. The van der Waals surface area contributed by atoms with E-state index in [1.165, 1.54) is 7.11 Å². The van der Waals surface area contributed by atoms with Crippen molar-refractivity contribution in [1.29, 1.82) is 0 Å². The molecule has 0 aliphatic carbocycles. The monoisotopic (exact) mass is 255 g/mol. The van der Waals surface area contributed by atoms with Gasteiger partial charge in [0, 0.05) is 20.1 Å². The van der Waals surface area contributed by atoms with Crippen molar-refractivity contribution in [1.82, 2.24) is 4.90 Å². The van der Waals surface area contributed by atoms with Crippen LogP contribution in [0.1, 0.15) is 6.42 Å². The molecule has 1 saturated heterocycles. The first kappa shape index (κ1) is 13.3. The summed E-state index contributed by atoms with van der Waals surface area (Å²) >= 11 is 5.36. The third kappa shape index (κ3) is 2.68. The van der Waals surface area contributed by atoms with Gasteiger partial charge < -0.3 is 9.64 Å². The molecular formula is C9H12ClF2NO3. The van der Waals surface area contributed by atoms with Crippen molar-refractivity contribution in [2.75, 3.05) is 19.5 Å². The van der Waals surface area contributed by atoms with E-state index < -0.39 is 24.2 Å². The van der Waals surface area contributed by atoms with Crippen molar-refractivity contribution in [3.63, 3.8) is 0 Å². The molecule has 0 N–H and O–H groups in total. The van der Waals surface area contributed by atoms with Gasteiger partial charge in [0.2, 0.25) is 0 Å². The van der Waals surface area contributed by atoms with Crippen LogP contribution in [0, 0.1) is 0 Å². The molecule has 1 fully saturated rings. The van der Waals surface area contributed by atoms with Gasteiger partial charge in [-0.05, 0) is 0 Å².